The van der Waals surface area contributed by atoms with Gasteiger partial charge in [0.05, 0.1) is 16.4 Å². The summed E-state index contributed by atoms with van der Waals surface area (Å²) in [5.41, 5.74) is 2.83. The van der Waals surface area contributed by atoms with Gasteiger partial charge >= 0.3 is 0 Å². The minimum atomic E-state index is -0.217. The molecular weight excluding hydrogens is 289 g/mol. The molecule has 0 bridgehead atoms. The average Bonchev–Trinajstić information content (AvgIpc) is 2.80. The van der Waals surface area contributed by atoms with Gasteiger partial charge in [0.25, 0.3) is 0 Å². The predicted octanol–water partition coefficient (Wildman–Crippen LogP) is 4.11. The Morgan fingerprint density at radius 3 is 2.76 bits per heavy atom. The van der Waals surface area contributed by atoms with Crippen LogP contribution in [0.5, 0.6) is 0 Å². The summed E-state index contributed by atoms with van der Waals surface area (Å²) in [5, 5.41) is 8.61. The van der Waals surface area contributed by atoms with E-state index in [1.807, 2.05) is 31.5 Å². The van der Waals surface area contributed by atoms with Crippen LogP contribution in [0.2, 0.25) is 5.02 Å². The summed E-state index contributed by atoms with van der Waals surface area (Å²) in [6.45, 7) is 7.49. The van der Waals surface area contributed by atoms with E-state index in [9.17, 15) is 4.39 Å². The van der Waals surface area contributed by atoms with Crippen LogP contribution in [0.15, 0.2) is 24.3 Å². The van der Waals surface area contributed by atoms with Gasteiger partial charge in [-0.3, -0.25) is 4.68 Å². The van der Waals surface area contributed by atoms with E-state index in [0.29, 0.717) is 6.54 Å². The van der Waals surface area contributed by atoms with Crippen LogP contribution in [-0.4, -0.2) is 9.78 Å². The van der Waals surface area contributed by atoms with Gasteiger partial charge in [0.15, 0.2) is 0 Å². The summed E-state index contributed by atoms with van der Waals surface area (Å²) in [7, 11) is 0. The van der Waals surface area contributed by atoms with Crippen LogP contribution in [-0.2, 0) is 19.5 Å². The van der Waals surface area contributed by atoms with Crippen LogP contribution in [0.4, 0.5) is 4.39 Å². The van der Waals surface area contributed by atoms with Gasteiger partial charge in [0.2, 0.25) is 0 Å². The molecule has 1 heterocycles. The van der Waals surface area contributed by atoms with Crippen LogP contribution in [0, 0.1) is 5.82 Å². The van der Waals surface area contributed by atoms with Crippen molar-refractivity contribution < 1.29 is 4.39 Å². The highest BCUT2D eigenvalue weighted by atomic mass is 35.5. The normalized spacial score (nSPS) is 12.6. The largest absolute Gasteiger partial charge is 0.305 e. The zero-order valence-electron chi connectivity index (χ0n) is 12.7. The molecule has 21 heavy (non-hydrogen) atoms. The van der Waals surface area contributed by atoms with E-state index in [1.54, 1.807) is 12.1 Å². The fraction of sp³-hybridized carbons (Fsp3) is 0.438. The third kappa shape index (κ3) is 3.63. The van der Waals surface area contributed by atoms with Gasteiger partial charge in [0.1, 0.15) is 5.82 Å². The lowest BCUT2D eigenvalue weighted by atomic mass is 10.1. The second-order valence-corrected chi connectivity index (χ2v) is 5.41. The Labute approximate surface area is 130 Å². The van der Waals surface area contributed by atoms with Crippen molar-refractivity contribution in [1.82, 2.24) is 15.1 Å². The first-order chi connectivity index (χ1) is 10.1. The van der Waals surface area contributed by atoms with Crippen molar-refractivity contribution in [3.8, 4) is 0 Å². The zero-order valence-corrected chi connectivity index (χ0v) is 13.4. The van der Waals surface area contributed by atoms with Gasteiger partial charge < -0.3 is 5.32 Å². The summed E-state index contributed by atoms with van der Waals surface area (Å²) in [4.78, 5) is 0. The third-order valence-electron chi connectivity index (χ3n) is 3.62. The first-order valence-electron chi connectivity index (χ1n) is 7.29. The van der Waals surface area contributed by atoms with Gasteiger partial charge in [-0.15, -0.1) is 0 Å². The van der Waals surface area contributed by atoms with Gasteiger partial charge in [-0.05, 0) is 38.0 Å². The summed E-state index contributed by atoms with van der Waals surface area (Å²) in [5.74, 6) is -0.217. The molecule has 2 rings (SSSR count). The zero-order chi connectivity index (χ0) is 15.4. The Morgan fingerprint density at radius 1 is 1.38 bits per heavy atom. The third-order valence-corrected chi connectivity index (χ3v) is 4.05. The van der Waals surface area contributed by atoms with Crippen LogP contribution >= 0.6 is 11.6 Å². The van der Waals surface area contributed by atoms with E-state index < -0.39 is 0 Å². The summed E-state index contributed by atoms with van der Waals surface area (Å²) in [6, 6.07) is 6.68. The second kappa shape index (κ2) is 7.05. The molecule has 0 aliphatic heterocycles. The van der Waals surface area contributed by atoms with Gasteiger partial charge in [-0.25, -0.2) is 4.39 Å². The van der Waals surface area contributed by atoms with E-state index in [2.05, 4.69) is 10.4 Å². The Kier molecular flexibility index (Phi) is 5.37. The molecule has 5 heteroatoms. The van der Waals surface area contributed by atoms with Crippen LogP contribution < -0.4 is 5.32 Å². The summed E-state index contributed by atoms with van der Waals surface area (Å²) >= 11 is 6.38. The van der Waals surface area contributed by atoms with Crippen LogP contribution in [0.25, 0.3) is 0 Å². The molecule has 0 saturated heterocycles. The van der Waals surface area contributed by atoms with E-state index in [4.69, 9.17) is 11.6 Å². The van der Waals surface area contributed by atoms with Gasteiger partial charge in [-0.2, -0.15) is 5.10 Å². The lowest BCUT2D eigenvalue weighted by Crippen LogP contribution is -2.20. The second-order valence-electron chi connectivity index (χ2n) is 5.03. The summed E-state index contributed by atoms with van der Waals surface area (Å²) in [6.07, 6.45) is 0.818. The molecule has 1 N–H and O–H groups in total. The molecule has 0 aliphatic rings. The molecule has 2 aromatic rings. The molecule has 1 unspecified atom stereocenters. The molecule has 1 atom stereocenters. The lowest BCUT2D eigenvalue weighted by Gasteiger charge is -2.15. The number of hydrogen-bond donors (Lipinski definition) is 1. The van der Waals surface area contributed by atoms with E-state index in [-0.39, 0.29) is 11.9 Å². The van der Waals surface area contributed by atoms with Crippen molar-refractivity contribution in [2.75, 3.05) is 0 Å². The maximum atomic E-state index is 13.3. The predicted molar refractivity (Wildman–Crippen MR) is 83.9 cm³/mol. The van der Waals surface area contributed by atoms with E-state index in [0.717, 1.165) is 34.9 Å². The lowest BCUT2D eigenvalue weighted by molar-refractivity contribution is 0.527. The maximum Gasteiger partial charge on any atom is 0.123 e. The van der Waals surface area contributed by atoms with E-state index >= 15 is 0 Å². The molecular formula is C16H21ClFN3. The van der Waals surface area contributed by atoms with Crippen LogP contribution in [0.1, 0.15) is 43.8 Å². The molecule has 0 spiro atoms. The minimum absolute atomic E-state index is 0.0436. The number of nitrogens with zero attached hydrogens (tertiary/aromatic N) is 2. The molecule has 0 amide bonds. The Balaban J connectivity index is 2.11. The minimum Gasteiger partial charge on any atom is -0.305 e. The molecule has 0 aliphatic carbocycles. The number of benzene rings is 1. The SMILES string of the molecule is CCc1nn(CC)c(CNC(C)c2cccc(F)c2)c1Cl. The smallest absolute Gasteiger partial charge is 0.123 e. The molecule has 1 aromatic carbocycles. The highest BCUT2D eigenvalue weighted by Gasteiger charge is 2.15. The van der Waals surface area contributed by atoms with Gasteiger partial charge in [0, 0.05) is 19.1 Å². The van der Waals surface area contributed by atoms with Crippen LogP contribution in [0.3, 0.4) is 0 Å². The maximum absolute atomic E-state index is 13.3. The van der Waals surface area contributed by atoms with Gasteiger partial charge in [-0.1, -0.05) is 30.7 Å². The quantitative estimate of drug-likeness (QED) is 0.870. The number of rotatable bonds is 6. The number of aryl methyl sites for hydroxylation is 2. The molecule has 1 aromatic heterocycles. The number of hydrogen-bond acceptors (Lipinski definition) is 2. The highest BCUT2D eigenvalue weighted by molar-refractivity contribution is 6.31. The Hall–Kier alpha value is -1.39. The summed E-state index contributed by atoms with van der Waals surface area (Å²) < 4.78 is 15.2. The number of halogens is 2. The molecule has 0 saturated carbocycles. The van der Waals surface area contributed by atoms with Crippen molar-refractivity contribution in [2.24, 2.45) is 0 Å². The van der Waals surface area contributed by atoms with E-state index in [1.165, 1.54) is 6.07 Å². The molecule has 0 radical (unpaired) electrons. The fourth-order valence-electron chi connectivity index (χ4n) is 2.33. The van der Waals surface area contributed by atoms with Crippen molar-refractivity contribution in [2.45, 2.75) is 46.3 Å². The topological polar surface area (TPSA) is 29.9 Å². The first-order valence-corrected chi connectivity index (χ1v) is 7.67. The Morgan fingerprint density at radius 2 is 2.14 bits per heavy atom. The van der Waals surface area contributed by atoms with Crippen molar-refractivity contribution >= 4 is 11.6 Å². The monoisotopic (exact) mass is 309 g/mol. The number of aromatic nitrogens is 2. The molecule has 114 valence electrons. The average molecular weight is 310 g/mol. The van der Waals surface area contributed by atoms with Crippen molar-refractivity contribution in [1.29, 1.82) is 0 Å². The van der Waals surface area contributed by atoms with Crippen molar-refractivity contribution in [3.63, 3.8) is 0 Å². The first kappa shape index (κ1) is 16.0. The number of nitrogens with one attached hydrogen (secondary N) is 1. The highest BCUT2D eigenvalue weighted by Crippen LogP contribution is 2.22. The molecule has 3 nitrogen and oxygen atoms in total. The Bertz CT molecular complexity index is 610. The molecule has 0 fully saturated rings. The van der Waals surface area contributed by atoms with Crippen molar-refractivity contribution in [3.05, 3.63) is 52.1 Å². The fourth-order valence-corrected chi connectivity index (χ4v) is 2.67. The standard InChI is InChI=1S/C16H21ClFN3/c1-4-14-16(17)15(21(5-2)20-14)10-19-11(3)12-7-6-8-13(18)9-12/h6-9,11,19H,4-5,10H2,1-3H3.